The Morgan fingerprint density at radius 2 is 2.14 bits per heavy atom. The lowest BCUT2D eigenvalue weighted by atomic mass is 9.90. The molecule has 0 saturated heterocycles. The molecule has 7 heteroatoms. The SMILES string of the molecule is CC(C)(C)CC(=O)Cn1cc(CCCc2cnc(N)[nH]2)nn1. The molecule has 120 valence electrons. The lowest BCUT2D eigenvalue weighted by Gasteiger charge is -2.16. The highest BCUT2D eigenvalue weighted by Crippen LogP contribution is 2.19. The van der Waals surface area contributed by atoms with E-state index in [1.165, 1.54) is 0 Å². The molecular formula is C15H24N6O. The normalized spacial score (nSPS) is 11.8. The van der Waals surface area contributed by atoms with Crippen molar-refractivity contribution in [3.05, 3.63) is 23.8 Å². The molecular weight excluding hydrogens is 280 g/mol. The summed E-state index contributed by atoms with van der Waals surface area (Å²) in [6, 6.07) is 0. The van der Waals surface area contributed by atoms with Crippen LogP contribution in [0.1, 0.15) is 45.0 Å². The van der Waals surface area contributed by atoms with Crippen molar-refractivity contribution >= 4 is 11.7 Å². The largest absolute Gasteiger partial charge is 0.369 e. The predicted molar refractivity (Wildman–Crippen MR) is 84.1 cm³/mol. The van der Waals surface area contributed by atoms with E-state index < -0.39 is 0 Å². The van der Waals surface area contributed by atoms with Crippen LogP contribution in [0.2, 0.25) is 0 Å². The number of anilines is 1. The Hall–Kier alpha value is -2.18. The zero-order chi connectivity index (χ0) is 16.2. The van der Waals surface area contributed by atoms with E-state index in [-0.39, 0.29) is 11.2 Å². The maximum Gasteiger partial charge on any atom is 0.197 e. The summed E-state index contributed by atoms with van der Waals surface area (Å²) in [4.78, 5) is 18.9. The summed E-state index contributed by atoms with van der Waals surface area (Å²) in [6.45, 7) is 6.46. The second-order valence-corrected chi connectivity index (χ2v) is 6.83. The van der Waals surface area contributed by atoms with Crippen LogP contribution in [0.15, 0.2) is 12.4 Å². The number of aromatic nitrogens is 5. The van der Waals surface area contributed by atoms with Gasteiger partial charge in [0.15, 0.2) is 11.7 Å². The number of Topliss-reactive ketones (excluding diaryl/α,β-unsaturated/α-hetero) is 1. The molecule has 22 heavy (non-hydrogen) atoms. The minimum atomic E-state index is 0.00637. The number of hydrogen-bond acceptors (Lipinski definition) is 5. The van der Waals surface area contributed by atoms with E-state index in [0.29, 0.717) is 18.9 Å². The van der Waals surface area contributed by atoms with E-state index in [0.717, 1.165) is 30.7 Å². The molecule has 0 saturated carbocycles. The van der Waals surface area contributed by atoms with Crippen LogP contribution in [0.5, 0.6) is 0 Å². The van der Waals surface area contributed by atoms with Crippen LogP contribution in [-0.4, -0.2) is 30.7 Å². The van der Waals surface area contributed by atoms with Crippen molar-refractivity contribution < 1.29 is 4.79 Å². The number of nitrogens with zero attached hydrogens (tertiary/aromatic N) is 4. The van der Waals surface area contributed by atoms with Gasteiger partial charge in [0, 0.05) is 18.3 Å². The van der Waals surface area contributed by atoms with Crippen molar-refractivity contribution in [1.29, 1.82) is 0 Å². The van der Waals surface area contributed by atoms with E-state index in [9.17, 15) is 4.79 Å². The molecule has 0 aromatic carbocycles. The quantitative estimate of drug-likeness (QED) is 0.811. The molecule has 0 aliphatic carbocycles. The Labute approximate surface area is 130 Å². The molecule has 0 amide bonds. The molecule has 2 aromatic rings. The maximum absolute atomic E-state index is 11.9. The van der Waals surface area contributed by atoms with Gasteiger partial charge in [-0.05, 0) is 24.7 Å². The fourth-order valence-electron chi connectivity index (χ4n) is 2.32. The number of aromatic amines is 1. The monoisotopic (exact) mass is 304 g/mol. The van der Waals surface area contributed by atoms with Crippen molar-refractivity contribution in [1.82, 2.24) is 25.0 Å². The zero-order valence-electron chi connectivity index (χ0n) is 13.5. The van der Waals surface area contributed by atoms with Crippen molar-refractivity contribution in [3.8, 4) is 0 Å². The number of nitrogens with two attached hydrogens (primary N) is 1. The highest BCUT2D eigenvalue weighted by molar-refractivity contribution is 5.78. The van der Waals surface area contributed by atoms with Crippen molar-refractivity contribution in [2.45, 2.75) is 53.0 Å². The first kappa shape index (κ1) is 16.2. The van der Waals surface area contributed by atoms with Gasteiger partial charge in [0.1, 0.15) is 6.54 Å². The number of H-pyrrole nitrogens is 1. The van der Waals surface area contributed by atoms with Gasteiger partial charge in [-0.3, -0.25) is 4.79 Å². The molecule has 2 heterocycles. The van der Waals surface area contributed by atoms with Crippen molar-refractivity contribution in [2.75, 3.05) is 5.73 Å². The van der Waals surface area contributed by atoms with Gasteiger partial charge in [-0.15, -0.1) is 5.10 Å². The van der Waals surface area contributed by atoms with Crippen LogP contribution in [-0.2, 0) is 24.2 Å². The van der Waals surface area contributed by atoms with Crippen LogP contribution in [0.3, 0.4) is 0 Å². The summed E-state index contributed by atoms with van der Waals surface area (Å²) in [6.07, 6.45) is 6.74. The number of carbonyl (C=O) groups is 1. The third-order valence-electron chi connectivity index (χ3n) is 3.18. The summed E-state index contributed by atoms with van der Waals surface area (Å²) >= 11 is 0. The smallest absolute Gasteiger partial charge is 0.197 e. The van der Waals surface area contributed by atoms with Crippen molar-refractivity contribution in [2.24, 2.45) is 5.41 Å². The van der Waals surface area contributed by atoms with E-state index in [1.54, 1.807) is 10.9 Å². The van der Waals surface area contributed by atoms with Crippen LogP contribution in [0, 0.1) is 5.41 Å². The number of nitrogens with one attached hydrogen (secondary N) is 1. The first-order valence-corrected chi connectivity index (χ1v) is 7.52. The van der Waals surface area contributed by atoms with Gasteiger partial charge in [-0.25, -0.2) is 9.67 Å². The second-order valence-electron chi connectivity index (χ2n) is 6.83. The molecule has 0 atom stereocenters. The molecule has 0 aliphatic rings. The van der Waals surface area contributed by atoms with Crippen LogP contribution in [0.4, 0.5) is 5.95 Å². The summed E-state index contributed by atoms with van der Waals surface area (Å²) in [5.41, 5.74) is 7.45. The molecule has 0 radical (unpaired) electrons. The molecule has 2 aromatic heterocycles. The standard InChI is InChI=1S/C15H24N6O/c1-15(2,3)7-13(22)10-21-9-12(19-20-21)6-4-5-11-8-17-14(16)18-11/h8-9H,4-7,10H2,1-3H3,(H3,16,17,18). The van der Waals surface area contributed by atoms with Crippen LogP contribution < -0.4 is 5.73 Å². The minimum Gasteiger partial charge on any atom is -0.369 e. The molecule has 0 spiro atoms. The zero-order valence-corrected chi connectivity index (χ0v) is 13.5. The number of imidazole rings is 1. The van der Waals surface area contributed by atoms with Gasteiger partial charge in [0.25, 0.3) is 0 Å². The Morgan fingerprint density at radius 3 is 2.77 bits per heavy atom. The summed E-state index contributed by atoms with van der Waals surface area (Å²) in [5.74, 6) is 0.621. The topological polar surface area (TPSA) is 102 Å². The third-order valence-corrected chi connectivity index (χ3v) is 3.18. The van der Waals surface area contributed by atoms with Crippen molar-refractivity contribution in [3.63, 3.8) is 0 Å². The Kier molecular flexibility index (Phi) is 4.95. The second kappa shape index (κ2) is 6.72. The number of ketones is 1. The third kappa shape index (κ3) is 5.31. The Balaban J connectivity index is 1.77. The first-order valence-electron chi connectivity index (χ1n) is 7.52. The molecule has 0 bridgehead atoms. The van der Waals surface area contributed by atoms with Gasteiger partial charge in [-0.1, -0.05) is 26.0 Å². The molecule has 3 N–H and O–H groups in total. The van der Waals surface area contributed by atoms with Gasteiger partial charge < -0.3 is 10.7 Å². The number of nitrogen functional groups attached to an aromatic ring is 1. The lowest BCUT2D eigenvalue weighted by molar-refractivity contribution is -0.121. The van der Waals surface area contributed by atoms with Gasteiger partial charge in [0.2, 0.25) is 0 Å². The van der Waals surface area contributed by atoms with E-state index in [1.807, 2.05) is 6.20 Å². The highest BCUT2D eigenvalue weighted by Gasteiger charge is 2.16. The molecule has 2 rings (SSSR count). The fraction of sp³-hybridized carbons (Fsp3) is 0.600. The Bertz CT molecular complexity index is 622. The van der Waals surface area contributed by atoms with Crippen LogP contribution >= 0.6 is 0 Å². The highest BCUT2D eigenvalue weighted by atomic mass is 16.1. The number of hydrogen-bond donors (Lipinski definition) is 2. The molecule has 0 unspecified atom stereocenters. The van der Waals surface area contributed by atoms with E-state index >= 15 is 0 Å². The number of rotatable bonds is 7. The van der Waals surface area contributed by atoms with Gasteiger partial charge in [0.05, 0.1) is 11.9 Å². The van der Waals surface area contributed by atoms with Crippen LogP contribution in [0.25, 0.3) is 0 Å². The molecule has 0 fully saturated rings. The summed E-state index contributed by atoms with van der Waals surface area (Å²) in [5, 5.41) is 8.13. The Morgan fingerprint density at radius 1 is 1.36 bits per heavy atom. The molecule has 0 aliphatic heterocycles. The predicted octanol–water partition coefficient (Wildman–Crippen LogP) is 1.76. The first-order chi connectivity index (χ1) is 10.3. The molecule has 7 nitrogen and oxygen atoms in total. The number of carbonyl (C=O) groups excluding carboxylic acids is 1. The van der Waals surface area contributed by atoms with Gasteiger partial charge in [-0.2, -0.15) is 0 Å². The van der Waals surface area contributed by atoms with E-state index in [4.69, 9.17) is 5.73 Å². The number of aryl methyl sites for hydroxylation is 2. The van der Waals surface area contributed by atoms with E-state index in [2.05, 4.69) is 41.1 Å². The summed E-state index contributed by atoms with van der Waals surface area (Å²) < 4.78 is 1.62. The lowest BCUT2D eigenvalue weighted by Crippen LogP contribution is -2.18. The average Bonchev–Trinajstić information content (AvgIpc) is 2.97. The average molecular weight is 304 g/mol. The summed E-state index contributed by atoms with van der Waals surface area (Å²) in [7, 11) is 0. The van der Waals surface area contributed by atoms with Gasteiger partial charge >= 0.3 is 0 Å². The maximum atomic E-state index is 11.9. The minimum absolute atomic E-state index is 0.00637. The fourth-order valence-corrected chi connectivity index (χ4v) is 2.32.